The summed E-state index contributed by atoms with van der Waals surface area (Å²) in [7, 11) is 4.15. The second-order valence-corrected chi connectivity index (χ2v) is 3.87. The van der Waals surface area contributed by atoms with Gasteiger partial charge in [-0.2, -0.15) is 0 Å². The Morgan fingerprint density at radius 1 is 1.44 bits per heavy atom. The minimum Gasteiger partial charge on any atom is -0.490 e. The smallest absolute Gasteiger partial charge is 0.168 e. The Hall–Kier alpha value is -1.29. The first-order valence-electron chi connectivity index (χ1n) is 5.70. The lowest BCUT2D eigenvalue weighted by Crippen LogP contribution is -2.16. The van der Waals surface area contributed by atoms with Crippen LogP contribution in [0.4, 0.5) is 5.82 Å². The number of nitrogens with zero attached hydrogens (tertiary/aromatic N) is 2. The van der Waals surface area contributed by atoms with E-state index < -0.39 is 0 Å². The van der Waals surface area contributed by atoms with Gasteiger partial charge in [0.05, 0.1) is 6.61 Å². The predicted molar refractivity (Wildman–Crippen MR) is 67.1 cm³/mol. The van der Waals surface area contributed by atoms with Crippen LogP contribution in [0.1, 0.15) is 13.3 Å². The van der Waals surface area contributed by atoms with Gasteiger partial charge in [0.1, 0.15) is 0 Å². The molecule has 0 atom stereocenters. The van der Waals surface area contributed by atoms with E-state index >= 15 is 0 Å². The molecule has 1 N–H and O–H groups in total. The van der Waals surface area contributed by atoms with Gasteiger partial charge in [0.15, 0.2) is 11.6 Å². The third-order valence-electron chi connectivity index (χ3n) is 2.15. The highest BCUT2D eigenvalue weighted by atomic mass is 16.5. The van der Waals surface area contributed by atoms with E-state index in [0.717, 1.165) is 31.1 Å². The van der Waals surface area contributed by atoms with Crippen molar-refractivity contribution in [3.63, 3.8) is 0 Å². The summed E-state index contributed by atoms with van der Waals surface area (Å²) in [5, 5.41) is 3.29. The highest BCUT2D eigenvalue weighted by Crippen LogP contribution is 2.20. The molecule has 1 aromatic heterocycles. The Balaban J connectivity index is 2.40. The maximum atomic E-state index is 5.48. The number of pyridine rings is 1. The summed E-state index contributed by atoms with van der Waals surface area (Å²) in [6.07, 6.45) is 2.87. The van der Waals surface area contributed by atoms with E-state index in [1.165, 1.54) is 0 Å². The van der Waals surface area contributed by atoms with E-state index in [1.54, 1.807) is 6.20 Å². The van der Waals surface area contributed by atoms with Gasteiger partial charge in [0.2, 0.25) is 0 Å². The molecule has 1 aromatic rings. The lowest BCUT2D eigenvalue weighted by molar-refractivity contribution is 0.340. The standard InChI is InChI=1S/C12H21N3O/c1-4-16-11-7-5-8-13-12(11)14-9-6-10-15(2)3/h5,7-8H,4,6,9-10H2,1-3H3,(H,13,14). The first kappa shape index (κ1) is 12.8. The predicted octanol–water partition coefficient (Wildman–Crippen LogP) is 1.84. The fourth-order valence-electron chi connectivity index (χ4n) is 1.40. The molecule has 1 rings (SSSR count). The summed E-state index contributed by atoms with van der Waals surface area (Å²) >= 11 is 0. The van der Waals surface area contributed by atoms with Gasteiger partial charge in [-0.3, -0.25) is 0 Å². The van der Waals surface area contributed by atoms with Crippen molar-refractivity contribution in [2.45, 2.75) is 13.3 Å². The van der Waals surface area contributed by atoms with Gasteiger partial charge in [-0.05, 0) is 46.1 Å². The second-order valence-electron chi connectivity index (χ2n) is 3.87. The molecule has 0 unspecified atom stereocenters. The molecule has 0 fully saturated rings. The van der Waals surface area contributed by atoms with Crippen LogP contribution < -0.4 is 10.1 Å². The van der Waals surface area contributed by atoms with E-state index in [-0.39, 0.29) is 0 Å². The number of hydrogen-bond donors (Lipinski definition) is 1. The van der Waals surface area contributed by atoms with Crippen molar-refractivity contribution in [2.24, 2.45) is 0 Å². The minimum atomic E-state index is 0.665. The van der Waals surface area contributed by atoms with Crippen LogP contribution in [0.5, 0.6) is 5.75 Å². The topological polar surface area (TPSA) is 37.4 Å². The molecule has 4 heteroatoms. The van der Waals surface area contributed by atoms with Crippen molar-refractivity contribution in [1.29, 1.82) is 0 Å². The van der Waals surface area contributed by atoms with Crippen LogP contribution in [0.2, 0.25) is 0 Å². The van der Waals surface area contributed by atoms with Gasteiger partial charge < -0.3 is 15.0 Å². The molecule has 4 nitrogen and oxygen atoms in total. The van der Waals surface area contributed by atoms with Gasteiger partial charge in [-0.25, -0.2) is 4.98 Å². The Kier molecular flexibility index (Phi) is 5.64. The van der Waals surface area contributed by atoms with Crippen LogP contribution in [0.15, 0.2) is 18.3 Å². The molecule has 0 radical (unpaired) electrons. The van der Waals surface area contributed by atoms with Gasteiger partial charge in [0.25, 0.3) is 0 Å². The maximum absolute atomic E-state index is 5.48. The summed E-state index contributed by atoms with van der Waals surface area (Å²) in [4.78, 5) is 6.43. The Labute approximate surface area is 97.6 Å². The molecule has 0 amide bonds. The zero-order chi connectivity index (χ0) is 11.8. The molecule has 0 saturated carbocycles. The molecule has 0 aliphatic carbocycles. The summed E-state index contributed by atoms with van der Waals surface area (Å²) in [6, 6.07) is 3.82. The van der Waals surface area contributed by atoms with Crippen molar-refractivity contribution in [3.8, 4) is 5.75 Å². The van der Waals surface area contributed by atoms with Crippen LogP contribution >= 0.6 is 0 Å². The number of nitrogens with one attached hydrogen (secondary N) is 1. The van der Waals surface area contributed by atoms with E-state index in [2.05, 4.69) is 29.3 Å². The molecular weight excluding hydrogens is 202 g/mol. The van der Waals surface area contributed by atoms with Crippen LogP contribution in [0.25, 0.3) is 0 Å². The van der Waals surface area contributed by atoms with Crippen molar-refractivity contribution < 1.29 is 4.74 Å². The first-order chi connectivity index (χ1) is 7.74. The Bertz CT molecular complexity index is 302. The average Bonchev–Trinajstić information content (AvgIpc) is 2.26. The Morgan fingerprint density at radius 2 is 2.25 bits per heavy atom. The largest absolute Gasteiger partial charge is 0.490 e. The number of anilines is 1. The summed E-state index contributed by atoms with van der Waals surface area (Å²) in [5.74, 6) is 1.66. The minimum absolute atomic E-state index is 0.665. The van der Waals surface area contributed by atoms with Crippen molar-refractivity contribution in [1.82, 2.24) is 9.88 Å². The zero-order valence-electron chi connectivity index (χ0n) is 10.4. The van der Waals surface area contributed by atoms with Crippen LogP contribution in [0, 0.1) is 0 Å². The average molecular weight is 223 g/mol. The van der Waals surface area contributed by atoms with Gasteiger partial charge in [-0.1, -0.05) is 0 Å². The lowest BCUT2D eigenvalue weighted by atomic mass is 10.3. The quantitative estimate of drug-likeness (QED) is 0.716. The van der Waals surface area contributed by atoms with Gasteiger partial charge >= 0.3 is 0 Å². The van der Waals surface area contributed by atoms with Gasteiger partial charge in [-0.15, -0.1) is 0 Å². The third-order valence-corrected chi connectivity index (χ3v) is 2.15. The molecule has 0 saturated heterocycles. The number of hydrogen-bond acceptors (Lipinski definition) is 4. The first-order valence-corrected chi connectivity index (χ1v) is 5.70. The Morgan fingerprint density at radius 3 is 2.94 bits per heavy atom. The maximum Gasteiger partial charge on any atom is 0.168 e. The SMILES string of the molecule is CCOc1cccnc1NCCCN(C)C. The molecule has 16 heavy (non-hydrogen) atoms. The van der Waals surface area contributed by atoms with E-state index in [9.17, 15) is 0 Å². The fourth-order valence-corrected chi connectivity index (χ4v) is 1.40. The van der Waals surface area contributed by atoms with Gasteiger partial charge in [0, 0.05) is 12.7 Å². The fraction of sp³-hybridized carbons (Fsp3) is 0.583. The molecule has 0 spiro atoms. The highest BCUT2D eigenvalue weighted by Gasteiger charge is 2.02. The van der Waals surface area contributed by atoms with Crippen LogP contribution in [-0.2, 0) is 0 Å². The number of rotatable bonds is 7. The summed E-state index contributed by atoms with van der Waals surface area (Å²) < 4.78 is 5.48. The molecule has 0 aliphatic rings. The van der Waals surface area contributed by atoms with Crippen LogP contribution in [0.3, 0.4) is 0 Å². The van der Waals surface area contributed by atoms with E-state index in [1.807, 2.05) is 19.1 Å². The van der Waals surface area contributed by atoms with Crippen molar-refractivity contribution in [3.05, 3.63) is 18.3 Å². The van der Waals surface area contributed by atoms with Crippen molar-refractivity contribution >= 4 is 5.82 Å². The van der Waals surface area contributed by atoms with E-state index in [0.29, 0.717) is 6.61 Å². The summed E-state index contributed by atoms with van der Waals surface area (Å²) in [6.45, 7) is 4.62. The molecule has 0 aromatic carbocycles. The monoisotopic (exact) mass is 223 g/mol. The number of aromatic nitrogens is 1. The van der Waals surface area contributed by atoms with E-state index in [4.69, 9.17) is 4.74 Å². The molecule has 0 aliphatic heterocycles. The zero-order valence-corrected chi connectivity index (χ0v) is 10.4. The van der Waals surface area contributed by atoms with Crippen molar-refractivity contribution in [2.75, 3.05) is 39.1 Å². The molecule has 90 valence electrons. The lowest BCUT2D eigenvalue weighted by Gasteiger charge is -2.12. The molecule has 1 heterocycles. The number of ether oxygens (including phenoxy) is 1. The molecular formula is C12H21N3O. The molecule has 0 bridgehead atoms. The third kappa shape index (κ3) is 4.49. The summed E-state index contributed by atoms with van der Waals surface area (Å²) in [5.41, 5.74) is 0. The second kappa shape index (κ2) is 7.06. The normalized spacial score (nSPS) is 10.5. The highest BCUT2D eigenvalue weighted by molar-refractivity contribution is 5.49. The van der Waals surface area contributed by atoms with Crippen LogP contribution in [-0.4, -0.2) is 43.7 Å².